The van der Waals surface area contributed by atoms with Crippen LogP contribution < -0.4 is 5.69 Å². The molecule has 2 aromatic rings. The Bertz CT molecular complexity index is 654. The number of imidazole rings is 1. The first-order valence-electron chi connectivity index (χ1n) is 4.05. The van der Waals surface area contributed by atoms with Crippen molar-refractivity contribution in [2.45, 2.75) is 0 Å². The summed E-state index contributed by atoms with van der Waals surface area (Å²) in [6, 6.07) is 3.78. The molecule has 0 aliphatic heterocycles. The molecular formula is C7H4N4O5. The lowest BCUT2D eigenvalue weighted by Gasteiger charge is -1.93. The highest BCUT2D eigenvalue weighted by Gasteiger charge is 2.24. The molecule has 0 fully saturated rings. The number of hydrogen-bond acceptors (Lipinski definition) is 5. The molecule has 82 valence electrons. The fourth-order valence-corrected chi connectivity index (χ4v) is 1.43. The van der Waals surface area contributed by atoms with Crippen molar-refractivity contribution >= 4 is 16.7 Å². The maximum Gasteiger partial charge on any atom is 0.386 e. The van der Waals surface area contributed by atoms with E-state index in [1.807, 2.05) is 0 Å². The number of fused-ring (bicyclic) bond motifs is 1. The molecular weight excluding hydrogens is 220 g/mol. The zero-order chi connectivity index (χ0) is 11.9. The van der Waals surface area contributed by atoms with Crippen LogP contribution in [0.2, 0.25) is 0 Å². The largest absolute Gasteiger partial charge is 0.386 e. The number of rotatable bonds is 2. The maximum atomic E-state index is 11.2. The molecule has 0 bridgehead atoms. The number of nitrogens with zero attached hydrogens (tertiary/aromatic N) is 3. The average Bonchev–Trinajstić information content (AvgIpc) is 2.52. The summed E-state index contributed by atoms with van der Waals surface area (Å²) < 4.78 is 0.119. The highest BCUT2D eigenvalue weighted by atomic mass is 16.7. The standard InChI is InChI=1S/C7H4N4O5/c12-7-8-4-2-1-3-5(10(13)14)6(4)9(7)11(15)16/h1-3H,(H,8,12). The molecule has 0 amide bonds. The van der Waals surface area contributed by atoms with Crippen molar-refractivity contribution in [2.24, 2.45) is 0 Å². The van der Waals surface area contributed by atoms with E-state index >= 15 is 0 Å². The van der Waals surface area contributed by atoms with Crippen molar-refractivity contribution in [2.75, 3.05) is 0 Å². The van der Waals surface area contributed by atoms with Crippen LogP contribution in [0.3, 0.4) is 0 Å². The van der Waals surface area contributed by atoms with E-state index in [4.69, 9.17) is 0 Å². The first-order valence-corrected chi connectivity index (χ1v) is 4.05. The van der Waals surface area contributed by atoms with Crippen molar-refractivity contribution in [3.05, 3.63) is 48.9 Å². The van der Waals surface area contributed by atoms with Crippen molar-refractivity contribution in [1.82, 2.24) is 9.66 Å². The Kier molecular flexibility index (Phi) is 1.94. The Morgan fingerprint density at radius 3 is 2.50 bits per heavy atom. The van der Waals surface area contributed by atoms with Crippen LogP contribution in [0.4, 0.5) is 5.69 Å². The summed E-state index contributed by atoms with van der Waals surface area (Å²) >= 11 is 0. The molecule has 1 aromatic heterocycles. The predicted octanol–water partition coefficient (Wildman–Crippen LogP) is 0.278. The fourth-order valence-electron chi connectivity index (χ4n) is 1.43. The molecule has 0 spiro atoms. The SMILES string of the molecule is O=c1[nH]c2cccc([N+](=O)[O-])c2n1[N+](=O)[O-]. The minimum Gasteiger partial charge on any atom is -0.301 e. The van der Waals surface area contributed by atoms with Gasteiger partial charge in [-0.15, -0.1) is 0 Å². The van der Waals surface area contributed by atoms with Gasteiger partial charge in [0, 0.05) is 10.7 Å². The van der Waals surface area contributed by atoms with E-state index in [2.05, 4.69) is 4.98 Å². The third-order valence-corrected chi connectivity index (χ3v) is 2.02. The fraction of sp³-hybridized carbons (Fsp3) is 0. The molecule has 16 heavy (non-hydrogen) atoms. The van der Waals surface area contributed by atoms with Gasteiger partial charge in [0.15, 0.2) is 5.03 Å². The average molecular weight is 224 g/mol. The van der Waals surface area contributed by atoms with Crippen LogP contribution >= 0.6 is 0 Å². The molecule has 1 aromatic carbocycles. The summed E-state index contributed by atoms with van der Waals surface area (Å²) in [6.45, 7) is 0. The van der Waals surface area contributed by atoms with E-state index in [1.165, 1.54) is 12.1 Å². The van der Waals surface area contributed by atoms with Gasteiger partial charge in [-0.25, -0.2) is 14.9 Å². The Morgan fingerprint density at radius 2 is 1.94 bits per heavy atom. The number of nitro groups is 2. The third-order valence-electron chi connectivity index (χ3n) is 2.02. The normalized spacial score (nSPS) is 10.5. The summed E-state index contributed by atoms with van der Waals surface area (Å²) in [5.74, 6) is 0. The summed E-state index contributed by atoms with van der Waals surface area (Å²) in [4.78, 5) is 33.8. The Balaban J connectivity index is 3.00. The first-order chi connectivity index (χ1) is 7.52. The molecule has 0 aliphatic rings. The van der Waals surface area contributed by atoms with Crippen LogP contribution in [0, 0.1) is 20.2 Å². The first kappa shape index (κ1) is 9.83. The number of aromatic amines is 1. The van der Waals surface area contributed by atoms with Gasteiger partial charge in [0.1, 0.15) is 0 Å². The quantitative estimate of drug-likeness (QED) is 0.579. The van der Waals surface area contributed by atoms with Gasteiger partial charge in [-0.3, -0.25) is 10.1 Å². The maximum absolute atomic E-state index is 11.2. The van der Waals surface area contributed by atoms with Crippen molar-refractivity contribution in [3.8, 4) is 0 Å². The number of non-ortho nitro benzene ring substituents is 1. The van der Waals surface area contributed by atoms with Crippen molar-refractivity contribution in [3.63, 3.8) is 0 Å². The monoisotopic (exact) mass is 224 g/mol. The van der Waals surface area contributed by atoms with E-state index in [-0.39, 0.29) is 15.7 Å². The van der Waals surface area contributed by atoms with Crippen LogP contribution in [-0.4, -0.2) is 19.6 Å². The van der Waals surface area contributed by atoms with E-state index in [9.17, 15) is 25.0 Å². The lowest BCUT2D eigenvalue weighted by molar-refractivity contribution is -0.541. The van der Waals surface area contributed by atoms with Crippen molar-refractivity contribution < 1.29 is 9.96 Å². The van der Waals surface area contributed by atoms with E-state index < -0.39 is 21.3 Å². The highest BCUT2D eigenvalue weighted by molar-refractivity contribution is 5.84. The minimum absolute atomic E-state index is 0.0518. The van der Waals surface area contributed by atoms with Crippen LogP contribution in [-0.2, 0) is 0 Å². The number of hydrogen-bond donors (Lipinski definition) is 1. The van der Waals surface area contributed by atoms with Crippen LogP contribution in [0.25, 0.3) is 11.0 Å². The smallest absolute Gasteiger partial charge is 0.301 e. The summed E-state index contributed by atoms with van der Waals surface area (Å²) in [5, 5.41) is 20.2. The molecule has 2 rings (SSSR count). The summed E-state index contributed by atoms with van der Waals surface area (Å²) in [7, 11) is 0. The molecule has 0 atom stereocenters. The number of H-pyrrole nitrogens is 1. The second-order valence-electron chi connectivity index (χ2n) is 2.91. The number of nitrogens with one attached hydrogen (secondary N) is 1. The molecule has 1 heterocycles. The van der Waals surface area contributed by atoms with Gasteiger partial charge >= 0.3 is 11.4 Å². The third kappa shape index (κ3) is 1.22. The van der Waals surface area contributed by atoms with Crippen molar-refractivity contribution in [1.29, 1.82) is 0 Å². The number of nitro benzene ring substituents is 1. The Hall–Kier alpha value is -2.71. The van der Waals surface area contributed by atoms with E-state index in [1.54, 1.807) is 0 Å². The summed E-state index contributed by atoms with van der Waals surface area (Å²) in [6.07, 6.45) is 0. The van der Waals surface area contributed by atoms with Gasteiger partial charge in [0.25, 0.3) is 0 Å². The molecule has 0 radical (unpaired) electrons. The molecule has 0 saturated heterocycles. The number of para-hydroxylation sites is 1. The van der Waals surface area contributed by atoms with Gasteiger partial charge in [0.05, 0.1) is 10.4 Å². The molecule has 1 N–H and O–H groups in total. The molecule has 0 unspecified atom stereocenters. The predicted molar refractivity (Wildman–Crippen MR) is 51.6 cm³/mol. The van der Waals surface area contributed by atoms with Crippen LogP contribution in [0.15, 0.2) is 23.0 Å². The Labute approximate surface area is 86.2 Å². The van der Waals surface area contributed by atoms with Gasteiger partial charge in [-0.1, -0.05) is 6.07 Å². The second-order valence-corrected chi connectivity index (χ2v) is 2.91. The zero-order valence-electron chi connectivity index (χ0n) is 7.61. The summed E-state index contributed by atoms with van der Waals surface area (Å²) in [5.41, 5.74) is -1.81. The van der Waals surface area contributed by atoms with E-state index in [0.717, 1.165) is 6.07 Å². The molecule has 9 nitrogen and oxygen atoms in total. The van der Waals surface area contributed by atoms with Gasteiger partial charge in [-0.05, 0) is 6.07 Å². The lowest BCUT2D eigenvalue weighted by Crippen LogP contribution is -2.23. The van der Waals surface area contributed by atoms with Gasteiger partial charge < -0.3 is 4.98 Å². The minimum atomic E-state index is -1.02. The van der Waals surface area contributed by atoms with E-state index in [0.29, 0.717) is 0 Å². The highest BCUT2D eigenvalue weighted by Crippen LogP contribution is 2.22. The molecule has 0 saturated carbocycles. The van der Waals surface area contributed by atoms with Crippen LogP contribution in [0.1, 0.15) is 0 Å². The topological polar surface area (TPSA) is 124 Å². The molecule has 9 heteroatoms. The zero-order valence-corrected chi connectivity index (χ0v) is 7.61. The van der Waals surface area contributed by atoms with Gasteiger partial charge in [-0.2, -0.15) is 0 Å². The van der Waals surface area contributed by atoms with Gasteiger partial charge in [0.2, 0.25) is 5.52 Å². The molecule has 0 aliphatic carbocycles. The van der Waals surface area contributed by atoms with Crippen LogP contribution in [0.5, 0.6) is 0 Å². The second kappa shape index (κ2) is 3.15. The number of aromatic nitrogens is 2. The number of benzene rings is 1. The lowest BCUT2D eigenvalue weighted by atomic mass is 10.3. The Morgan fingerprint density at radius 1 is 1.25 bits per heavy atom.